The number of rotatable bonds is 7. The monoisotopic (exact) mass is 186 g/mol. The first-order chi connectivity index (χ1) is 6.20. The summed E-state index contributed by atoms with van der Waals surface area (Å²) >= 11 is 0. The fraction of sp³-hybridized carbons (Fsp3) is 0.667. The van der Waals surface area contributed by atoms with Gasteiger partial charge in [0, 0.05) is 6.04 Å². The molecule has 0 bridgehead atoms. The SMILES string of the molecule is C=CCCCC(CC)NNC(=O)O. The molecule has 0 rings (SSSR count). The maximum atomic E-state index is 10.2. The number of hydrogen-bond donors (Lipinski definition) is 3. The number of hydrogen-bond acceptors (Lipinski definition) is 2. The lowest BCUT2D eigenvalue weighted by molar-refractivity contribution is 0.185. The third-order valence-corrected chi connectivity index (χ3v) is 1.84. The summed E-state index contributed by atoms with van der Waals surface area (Å²) in [5.41, 5.74) is 4.91. The second-order valence-electron chi connectivity index (χ2n) is 2.90. The van der Waals surface area contributed by atoms with Gasteiger partial charge in [0.2, 0.25) is 0 Å². The molecule has 1 unspecified atom stereocenters. The van der Waals surface area contributed by atoms with E-state index in [1.54, 1.807) is 0 Å². The molecule has 1 amide bonds. The Kier molecular flexibility index (Phi) is 7.01. The van der Waals surface area contributed by atoms with Crippen LogP contribution in [-0.4, -0.2) is 17.2 Å². The lowest BCUT2D eigenvalue weighted by Gasteiger charge is -2.15. The Labute approximate surface area is 79.0 Å². The molecule has 0 aliphatic rings. The summed E-state index contributed by atoms with van der Waals surface area (Å²) < 4.78 is 0. The van der Waals surface area contributed by atoms with Gasteiger partial charge in [-0.3, -0.25) is 5.43 Å². The van der Waals surface area contributed by atoms with Gasteiger partial charge in [0.15, 0.2) is 0 Å². The van der Waals surface area contributed by atoms with E-state index < -0.39 is 6.09 Å². The van der Waals surface area contributed by atoms with Gasteiger partial charge in [0.1, 0.15) is 0 Å². The number of carbonyl (C=O) groups is 1. The molecule has 0 saturated heterocycles. The van der Waals surface area contributed by atoms with E-state index in [1.165, 1.54) is 0 Å². The standard InChI is InChI=1S/C9H18N2O2/c1-3-5-6-7-8(4-2)10-11-9(12)13/h3,8,10-11H,1,4-7H2,2H3,(H,12,13). The van der Waals surface area contributed by atoms with Crippen molar-refractivity contribution in [2.75, 3.05) is 0 Å². The predicted octanol–water partition coefficient (Wildman–Crippen LogP) is 1.89. The van der Waals surface area contributed by atoms with E-state index in [9.17, 15) is 4.79 Å². The van der Waals surface area contributed by atoms with Crippen LogP contribution in [0.25, 0.3) is 0 Å². The van der Waals surface area contributed by atoms with Crippen LogP contribution in [0.1, 0.15) is 32.6 Å². The highest BCUT2D eigenvalue weighted by Crippen LogP contribution is 2.03. The zero-order valence-corrected chi connectivity index (χ0v) is 8.05. The maximum absolute atomic E-state index is 10.2. The summed E-state index contributed by atoms with van der Waals surface area (Å²) in [6.07, 6.45) is 4.72. The predicted molar refractivity (Wildman–Crippen MR) is 52.4 cm³/mol. The molecule has 0 aromatic rings. The van der Waals surface area contributed by atoms with Gasteiger partial charge >= 0.3 is 6.09 Å². The van der Waals surface area contributed by atoms with Crippen LogP contribution in [-0.2, 0) is 0 Å². The van der Waals surface area contributed by atoms with Crippen molar-refractivity contribution in [1.29, 1.82) is 0 Å². The quantitative estimate of drug-likeness (QED) is 0.323. The lowest BCUT2D eigenvalue weighted by Crippen LogP contribution is -2.43. The van der Waals surface area contributed by atoms with Crippen molar-refractivity contribution in [3.63, 3.8) is 0 Å². The van der Waals surface area contributed by atoms with Crippen LogP contribution in [0, 0.1) is 0 Å². The highest BCUT2D eigenvalue weighted by molar-refractivity contribution is 5.63. The van der Waals surface area contributed by atoms with E-state index in [0.29, 0.717) is 0 Å². The van der Waals surface area contributed by atoms with Crippen molar-refractivity contribution in [3.8, 4) is 0 Å². The lowest BCUT2D eigenvalue weighted by atomic mass is 10.1. The van der Waals surface area contributed by atoms with Gasteiger partial charge in [0.25, 0.3) is 0 Å². The van der Waals surface area contributed by atoms with Gasteiger partial charge in [-0.2, -0.15) is 0 Å². The first-order valence-corrected chi connectivity index (χ1v) is 4.56. The van der Waals surface area contributed by atoms with Crippen LogP contribution < -0.4 is 10.9 Å². The van der Waals surface area contributed by atoms with E-state index in [2.05, 4.69) is 17.4 Å². The molecule has 0 fully saturated rings. The van der Waals surface area contributed by atoms with Gasteiger partial charge in [0.05, 0.1) is 0 Å². The Morgan fingerprint density at radius 1 is 1.69 bits per heavy atom. The van der Waals surface area contributed by atoms with Crippen LogP contribution in [0.4, 0.5) is 4.79 Å². The molecule has 0 aromatic heterocycles. The van der Waals surface area contributed by atoms with E-state index in [0.717, 1.165) is 25.7 Å². The second kappa shape index (κ2) is 7.61. The number of nitrogens with one attached hydrogen (secondary N) is 2. The number of unbranched alkanes of at least 4 members (excludes halogenated alkanes) is 1. The highest BCUT2D eigenvalue weighted by atomic mass is 16.4. The zero-order chi connectivity index (χ0) is 10.1. The highest BCUT2D eigenvalue weighted by Gasteiger charge is 2.05. The zero-order valence-electron chi connectivity index (χ0n) is 8.05. The molecule has 0 spiro atoms. The van der Waals surface area contributed by atoms with E-state index >= 15 is 0 Å². The Hall–Kier alpha value is -1.03. The number of carboxylic acid groups (broad SMARTS) is 1. The fourth-order valence-electron chi connectivity index (χ4n) is 1.05. The molecule has 76 valence electrons. The number of hydrazine groups is 1. The smallest absolute Gasteiger partial charge is 0.419 e. The maximum Gasteiger partial charge on any atom is 0.419 e. The molecule has 0 aliphatic carbocycles. The molecule has 4 nitrogen and oxygen atoms in total. The molecule has 0 radical (unpaired) electrons. The van der Waals surface area contributed by atoms with Crippen molar-refractivity contribution in [3.05, 3.63) is 12.7 Å². The van der Waals surface area contributed by atoms with Crippen molar-refractivity contribution in [1.82, 2.24) is 10.9 Å². The molecule has 3 N–H and O–H groups in total. The van der Waals surface area contributed by atoms with Crippen molar-refractivity contribution < 1.29 is 9.90 Å². The summed E-state index contributed by atoms with van der Waals surface area (Å²) in [6, 6.07) is 0.219. The average Bonchev–Trinajstić information content (AvgIpc) is 2.10. The van der Waals surface area contributed by atoms with E-state index in [-0.39, 0.29) is 6.04 Å². The number of allylic oxidation sites excluding steroid dienone is 1. The van der Waals surface area contributed by atoms with Crippen molar-refractivity contribution in [2.45, 2.75) is 38.6 Å². The third-order valence-electron chi connectivity index (χ3n) is 1.84. The van der Waals surface area contributed by atoms with Crippen LogP contribution in [0.3, 0.4) is 0 Å². The first-order valence-electron chi connectivity index (χ1n) is 4.56. The Morgan fingerprint density at radius 3 is 2.85 bits per heavy atom. The van der Waals surface area contributed by atoms with Gasteiger partial charge in [-0.1, -0.05) is 13.0 Å². The van der Waals surface area contributed by atoms with Crippen LogP contribution in [0.5, 0.6) is 0 Å². The minimum Gasteiger partial charge on any atom is -0.464 e. The number of amides is 1. The second-order valence-corrected chi connectivity index (χ2v) is 2.90. The normalized spacial score (nSPS) is 12.1. The molecule has 0 aromatic carbocycles. The summed E-state index contributed by atoms with van der Waals surface area (Å²) in [5.74, 6) is 0. The third kappa shape index (κ3) is 7.33. The molecule has 13 heavy (non-hydrogen) atoms. The average molecular weight is 186 g/mol. The van der Waals surface area contributed by atoms with Gasteiger partial charge in [-0.05, 0) is 25.7 Å². The molecule has 1 atom stereocenters. The van der Waals surface area contributed by atoms with Crippen molar-refractivity contribution >= 4 is 6.09 Å². The summed E-state index contributed by atoms with van der Waals surface area (Å²) in [4.78, 5) is 10.2. The van der Waals surface area contributed by atoms with Crippen LogP contribution >= 0.6 is 0 Å². The first kappa shape index (κ1) is 12.0. The van der Waals surface area contributed by atoms with E-state index in [4.69, 9.17) is 5.11 Å². The minimum absolute atomic E-state index is 0.219. The molecular weight excluding hydrogens is 168 g/mol. The summed E-state index contributed by atoms with van der Waals surface area (Å²) in [6.45, 7) is 5.65. The van der Waals surface area contributed by atoms with E-state index in [1.807, 2.05) is 13.0 Å². The topological polar surface area (TPSA) is 61.4 Å². The summed E-state index contributed by atoms with van der Waals surface area (Å²) in [5, 5.41) is 8.34. The van der Waals surface area contributed by atoms with Gasteiger partial charge < -0.3 is 5.11 Å². The Balaban J connectivity index is 3.50. The van der Waals surface area contributed by atoms with Crippen molar-refractivity contribution in [2.24, 2.45) is 0 Å². The molecular formula is C9H18N2O2. The molecule has 4 heteroatoms. The summed E-state index contributed by atoms with van der Waals surface area (Å²) in [7, 11) is 0. The Bertz CT molecular complexity index is 160. The Morgan fingerprint density at radius 2 is 2.38 bits per heavy atom. The minimum atomic E-state index is -1.04. The molecule has 0 aliphatic heterocycles. The van der Waals surface area contributed by atoms with Gasteiger partial charge in [-0.25, -0.2) is 10.2 Å². The fourth-order valence-corrected chi connectivity index (χ4v) is 1.05. The van der Waals surface area contributed by atoms with Crippen LogP contribution in [0.2, 0.25) is 0 Å². The molecule has 0 saturated carbocycles. The van der Waals surface area contributed by atoms with Crippen LogP contribution in [0.15, 0.2) is 12.7 Å². The largest absolute Gasteiger partial charge is 0.464 e. The molecule has 0 heterocycles. The van der Waals surface area contributed by atoms with Gasteiger partial charge in [-0.15, -0.1) is 6.58 Å².